The zero-order valence-electron chi connectivity index (χ0n) is 31.2. The summed E-state index contributed by atoms with van der Waals surface area (Å²) in [7, 11) is 0. The number of benzene rings is 4. The fraction of sp³-hybridized carbons (Fsp3) is 0.333. The number of hydrogen-bond donors (Lipinski definition) is 7. The number of nitrogens with zero attached hydrogens (tertiary/aromatic N) is 1. The number of carboxylic acid groups (broad SMARTS) is 4. The standard InChI is InChI=1S/C30H30O4.C12H19NO8/c1-18-7-9-27(31)23(11-18)15-21-5-4-6-22(29(21)33)16-25-13-20(3)14-26(30(25)34)17-24-12-19(2)8-10-28(24)32;14-9(15)1-5-13(6-2-10(16)17,7-3-11(18)19)8-4-12(20)21/h4-14,31-34H,15-17H2,1-3H3;1-8H2,(H3-,14,15,16,17,18,19,20,21). The third-order valence-corrected chi connectivity index (χ3v) is 9.40. The van der Waals surface area contributed by atoms with E-state index in [4.69, 9.17) is 20.4 Å². The summed E-state index contributed by atoms with van der Waals surface area (Å²) in [5.41, 5.74) is 7.08. The molecule has 0 aliphatic heterocycles. The fourth-order valence-electron chi connectivity index (χ4n) is 6.45. The zero-order chi connectivity index (χ0) is 40.9. The molecule has 0 bridgehead atoms. The Bertz CT molecular complexity index is 1930. The molecule has 0 aliphatic carbocycles. The Morgan fingerprint density at radius 3 is 1.18 bits per heavy atom. The van der Waals surface area contributed by atoms with Crippen molar-refractivity contribution in [3.63, 3.8) is 0 Å². The van der Waals surface area contributed by atoms with Crippen molar-refractivity contribution in [2.24, 2.45) is 0 Å². The van der Waals surface area contributed by atoms with Crippen LogP contribution in [0.3, 0.4) is 0 Å². The number of carboxylic acids is 4. The summed E-state index contributed by atoms with van der Waals surface area (Å²) in [5, 5.41) is 79.7. The average molecular weight is 760 g/mol. The van der Waals surface area contributed by atoms with Crippen molar-refractivity contribution in [2.75, 3.05) is 26.2 Å². The third-order valence-electron chi connectivity index (χ3n) is 9.40. The first-order valence-electron chi connectivity index (χ1n) is 17.8. The predicted molar refractivity (Wildman–Crippen MR) is 202 cm³/mol. The summed E-state index contributed by atoms with van der Waals surface area (Å²) in [6.07, 6.45) is -0.0784. The molecule has 0 unspecified atom stereocenters. The predicted octanol–water partition coefficient (Wildman–Crippen LogP) is 5.28. The van der Waals surface area contributed by atoms with Gasteiger partial charge in [-0.25, -0.2) is 0 Å². The largest absolute Gasteiger partial charge is 0.872 e. The molecular weight excluding hydrogens is 710 g/mol. The number of aliphatic carboxylic acids is 4. The SMILES string of the molecule is Cc1ccc(O)c(Cc2cccc(Cc3cc(C)cc(Cc4cc(C)ccc4O)c3O)c2[O-])c1.O=C(O)CC[N+](CCC(=O)O)(CCC(=O)O)CCC(=O)O. The van der Waals surface area contributed by atoms with Crippen LogP contribution in [0.5, 0.6) is 23.0 Å². The Balaban J connectivity index is 0.000000335. The maximum atomic E-state index is 13.2. The lowest BCUT2D eigenvalue weighted by atomic mass is 9.93. The van der Waals surface area contributed by atoms with Gasteiger partial charge >= 0.3 is 23.9 Å². The number of rotatable bonds is 18. The number of hydrogen-bond acceptors (Lipinski definition) is 8. The van der Waals surface area contributed by atoms with E-state index in [9.17, 15) is 39.6 Å². The lowest BCUT2D eigenvalue weighted by Crippen LogP contribution is -2.52. The van der Waals surface area contributed by atoms with Gasteiger partial charge in [-0.05, 0) is 55.2 Å². The lowest BCUT2D eigenvalue weighted by molar-refractivity contribution is -0.926. The summed E-state index contributed by atoms with van der Waals surface area (Å²) < 4.78 is -0.142. The number of carbonyl (C=O) groups is 4. The van der Waals surface area contributed by atoms with Crippen molar-refractivity contribution < 1.29 is 64.5 Å². The highest BCUT2D eigenvalue weighted by Gasteiger charge is 2.30. The van der Waals surface area contributed by atoms with E-state index >= 15 is 0 Å². The molecule has 4 aromatic carbocycles. The van der Waals surface area contributed by atoms with Crippen molar-refractivity contribution in [3.05, 3.63) is 117 Å². The topological polar surface area (TPSA) is 233 Å². The van der Waals surface area contributed by atoms with Gasteiger partial charge in [0.2, 0.25) is 0 Å². The summed E-state index contributed by atoms with van der Waals surface area (Å²) >= 11 is 0. The number of aromatic hydroxyl groups is 3. The maximum Gasteiger partial charge on any atom is 0.309 e. The van der Waals surface area contributed by atoms with Crippen LogP contribution in [0.15, 0.2) is 66.7 Å². The van der Waals surface area contributed by atoms with Gasteiger partial charge in [-0.15, -0.1) is 5.75 Å². The van der Waals surface area contributed by atoms with Gasteiger partial charge in [0.05, 0.1) is 51.9 Å². The molecule has 7 N–H and O–H groups in total. The van der Waals surface area contributed by atoms with Crippen molar-refractivity contribution in [1.29, 1.82) is 0 Å². The quantitative estimate of drug-likeness (QED) is 0.0643. The Hall–Kier alpha value is -6.08. The molecule has 0 heterocycles. The first-order chi connectivity index (χ1) is 25.9. The van der Waals surface area contributed by atoms with Gasteiger partial charge in [-0.3, -0.25) is 19.2 Å². The van der Waals surface area contributed by atoms with Gasteiger partial charge in [0.15, 0.2) is 0 Å². The Morgan fingerprint density at radius 2 is 0.818 bits per heavy atom. The fourth-order valence-corrected chi connectivity index (χ4v) is 6.45. The molecule has 0 atom stereocenters. The van der Waals surface area contributed by atoms with E-state index in [-0.39, 0.29) is 79.3 Å². The van der Waals surface area contributed by atoms with Gasteiger partial charge in [0.1, 0.15) is 17.2 Å². The molecule has 0 aliphatic rings. The number of phenolic OH excluding ortho intramolecular Hbond substituents is 3. The van der Waals surface area contributed by atoms with E-state index in [1.807, 2.05) is 63.2 Å². The summed E-state index contributed by atoms with van der Waals surface area (Å²) in [6, 6.07) is 20.0. The Labute approximate surface area is 319 Å². The number of aryl methyl sites for hydroxylation is 3. The van der Waals surface area contributed by atoms with E-state index < -0.39 is 23.9 Å². The Morgan fingerprint density at radius 1 is 0.491 bits per heavy atom. The minimum absolute atomic E-state index is 0.00315. The second kappa shape index (κ2) is 19.8. The van der Waals surface area contributed by atoms with Crippen LogP contribution >= 0.6 is 0 Å². The van der Waals surface area contributed by atoms with Gasteiger partial charge in [0.25, 0.3) is 0 Å². The highest BCUT2D eigenvalue weighted by atomic mass is 16.4. The molecule has 0 amide bonds. The first kappa shape index (κ1) is 43.3. The van der Waals surface area contributed by atoms with Crippen LogP contribution in [-0.4, -0.2) is 90.3 Å². The van der Waals surface area contributed by atoms with Gasteiger partial charge in [-0.2, -0.15) is 0 Å². The molecule has 0 radical (unpaired) electrons. The molecule has 294 valence electrons. The molecular formula is C42H49NO12. The highest BCUT2D eigenvalue weighted by Crippen LogP contribution is 2.34. The van der Waals surface area contributed by atoms with Crippen molar-refractivity contribution in [2.45, 2.75) is 65.7 Å². The van der Waals surface area contributed by atoms with Crippen molar-refractivity contribution in [1.82, 2.24) is 0 Å². The molecule has 4 rings (SSSR count). The first-order valence-corrected chi connectivity index (χ1v) is 17.8. The van der Waals surface area contributed by atoms with Gasteiger partial charge in [0, 0.05) is 19.3 Å². The summed E-state index contributed by atoms with van der Waals surface area (Å²) in [6.45, 7) is 5.88. The van der Waals surface area contributed by atoms with E-state index in [1.165, 1.54) is 0 Å². The van der Waals surface area contributed by atoms with Crippen LogP contribution < -0.4 is 5.11 Å². The monoisotopic (exact) mass is 759 g/mol. The smallest absolute Gasteiger partial charge is 0.309 e. The minimum atomic E-state index is -1.10. The molecule has 0 saturated carbocycles. The average Bonchev–Trinajstić information content (AvgIpc) is 3.11. The summed E-state index contributed by atoms with van der Waals surface area (Å²) in [5.74, 6) is -3.96. The maximum absolute atomic E-state index is 13.2. The highest BCUT2D eigenvalue weighted by molar-refractivity contribution is 5.68. The molecule has 13 nitrogen and oxygen atoms in total. The molecule has 0 spiro atoms. The zero-order valence-corrected chi connectivity index (χ0v) is 31.2. The minimum Gasteiger partial charge on any atom is -0.872 e. The normalized spacial score (nSPS) is 11.0. The Kier molecular flexibility index (Phi) is 15.6. The van der Waals surface area contributed by atoms with Crippen LogP contribution in [0.25, 0.3) is 0 Å². The van der Waals surface area contributed by atoms with Crippen LogP contribution in [0.4, 0.5) is 0 Å². The number of para-hydroxylation sites is 1. The molecule has 0 saturated heterocycles. The number of phenols is 3. The van der Waals surface area contributed by atoms with Crippen LogP contribution in [0.1, 0.15) is 75.8 Å². The van der Waals surface area contributed by atoms with E-state index in [2.05, 4.69) is 0 Å². The molecule has 13 heteroatoms. The molecule has 4 aromatic rings. The summed E-state index contributed by atoms with van der Waals surface area (Å²) in [4.78, 5) is 42.8. The molecule has 0 fully saturated rings. The third kappa shape index (κ3) is 13.7. The van der Waals surface area contributed by atoms with Crippen LogP contribution in [-0.2, 0) is 38.4 Å². The van der Waals surface area contributed by atoms with E-state index in [1.54, 1.807) is 24.3 Å². The van der Waals surface area contributed by atoms with Gasteiger partial charge < -0.3 is 45.3 Å². The van der Waals surface area contributed by atoms with Crippen molar-refractivity contribution >= 4 is 23.9 Å². The molecule has 0 aromatic heterocycles. The van der Waals surface area contributed by atoms with Crippen LogP contribution in [0.2, 0.25) is 0 Å². The second-order valence-corrected chi connectivity index (χ2v) is 13.9. The molecule has 55 heavy (non-hydrogen) atoms. The second-order valence-electron chi connectivity index (χ2n) is 13.9. The van der Waals surface area contributed by atoms with Crippen LogP contribution in [0, 0.1) is 20.8 Å². The van der Waals surface area contributed by atoms with E-state index in [0.29, 0.717) is 47.1 Å². The lowest BCUT2D eigenvalue weighted by Gasteiger charge is -2.37. The van der Waals surface area contributed by atoms with E-state index in [0.717, 1.165) is 22.3 Å². The van der Waals surface area contributed by atoms with Gasteiger partial charge in [-0.1, -0.05) is 82.4 Å². The van der Waals surface area contributed by atoms with Crippen molar-refractivity contribution in [3.8, 4) is 23.0 Å². The number of quaternary nitrogens is 1.